The summed E-state index contributed by atoms with van der Waals surface area (Å²) in [6, 6.07) is 10.6. The third-order valence-electron chi connectivity index (χ3n) is 2.80. The molecule has 0 atom stereocenters. The standard InChI is InChI=1S/C15H11BrN2O5/c16-11-2-1-3-12(7-11)17-15(20)9-23-14-5-4-13(18(21)22)6-10(14)8-19/h1-8H,9H2,(H,17,20). The number of non-ortho nitro benzene ring substituents is 1. The Morgan fingerprint density at radius 1 is 1.30 bits per heavy atom. The number of hydrogen-bond donors (Lipinski definition) is 1. The van der Waals surface area contributed by atoms with Gasteiger partial charge in [0.1, 0.15) is 5.75 Å². The topological polar surface area (TPSA) is 98.5 Å². The van der Waals surface area contributed by atoms with Gasteiger partial charge in [0.2, 0.25) is 0 Å². The molecule has 0 bridgehead atoms. The van der Waals surface area contributed by atoms with Gasteiger partial charge in [0.15, 0.2) is 12.9 Å². The summed E-state index contributed by atoms with van der Waals surface area (Å²) >= 11 is 3.29. The van der Waals surface area contributed by atoms with Gasteiger partial charge in [-0.25, -0.2) is 0 Å². The van der Waals surface area contributed by atoms with E-state index in [1.807, 2.05) is 6.07 Å². The highest BCUT2D eigenvalue weighted by Crippen LogP contribution is 2.23. The average Bonchev–Trinajstić information content (AvgIpc) is 2.52. The third-order valence-corrected chi connectivity index (χ3v) is 3.29. The van der Waals surface area contributed by atoms with Crippen LogP contribution >= 0.6 is 15.9 Å². The van der Waals surface area contributed by atoms with E-state index in [2.05, 4.69) is 21.2 Å². The van der Waals surface area contributed by atoms with E-state index in [0.29, 0.717) is 12.0 Å². The highest BCUT2D eigenvalue weighted by Gasteiger charge is 2.12. The van der Waals surface area contributed by atoms with E-state index < -0.39 is 10.8 Å². The zero-order valence-corrected chi connectivity index (χ0v) is 13.3. The number of amides is 1. The van der Waals surface area contributed by atoms with Crippen molar-refractivity contribution in [3.63, 3.8) is 0 Å². The van der Waals surface area contributed by atoms with Gasteiger partial charge in [0, 0.05) is 22.3 Å². The van der Waals surface area contributed by atoms with Crippen molar-refractivity contribution in [1.82, 2.24) is 0 Å². The summed E-state index contributed by atoms with van der Waals surface area (Å²) in [4.78, 5) is 32.8. The second kappa shape index (κ2) is 7.50. The van der Waals surface area contributed by atoms with Crippen molar-refractivity contribution in [2.45, 2.75) is 0 Å². The number of carbonyl (C=O) groups excluding carboxylic acids is 2. The summed E-state index contributed by atoms with van der Waals surface area (Å²) < 4.78 is 6.06. The van der Waals surface area contributed by atoms with Gasteiger partial charge in [-0.05, 0) is 24.3 Å². The second-order valence-corrected chi connectivity index (χ2v) is 5.36. The smallest absolute Gasteiger partial charge is 0.270 e. The number of halogens is 1. The summed E-state index contributed by atoms with van der Waals surface area (Å²) in [5, 5.41) is 13.3. The lowest BCUT2D eigenvalue weighted by Crippen LogP contribution is -2.20. The van der Waals surface area contributed by atoms with Gasteiger partial charge in [0.05, 0.1) is 10.5 Å². The Bertz CT molecular complexity index is 763. The minimum absolute atomic E-state index is 0.00876. The minimum atomic E-state index is -0.614. The highest BCUT2D eigenvalue weighted by atomic mass is 79.9. The van der Waals surface area contributed by atoms with Crippen molar-refractivity contribution in [2.75, 3.05) is 11.9 Å². The van der Waals surface area contributed by atoms with E-state index in [9.17, 15) is 19.7 Å². The van der Waals surface area contributed by atoms with Crippen LogP contribution in [-0.2, 0) is 4.79 Å². The Balaban J connectivity index is 2.01. The van der Waals surface area contributed by atoms with Crippen molar-refractivity contribution in [3.05, 3.63) is 62.6 Å². The molecule has 2 aromatic rings. The zero-order valence-electron chi connectivity index (χ0n) is 11.7. The molecule has 1 N–H and O–H groups in total. The third kappa shape index (κ3) is 4.62. The number of nitro benzene ring substituents is 1. The number of rotatable bonds is 6. The number of anilines is 1. The highest BCUT2D eigenvalue weighted by molar-refractivity contribution is 9.10. The summed E-state index contributed by atoms with van der Waals surface area (Å²) in [5.74, 6) is -0.312. The fraction of sp³-hybridized carbons (Fsp3) is 0.0667. The van der Waals surface area contributed by atoms with Crippen molar-refractivity contribution in [2.24, 2.45) is 0 Å². The largest absolute Gasteiger partial charge is 0.483 e. The Morgan fingerprint density at radius 2 is 2.09 bits per heavy atom. The van der Waals surface area contributed by atoms with E-state index in [0.717, 1.165) is 10.5 Å². The predicted molar refractivity (Wildman–Crippen MR) is 86.8 cm³/mol. The molecule has 0 unspecified atom stereocenters. The van der Waals surface area contributed by atoms with E-state index in [1.54, 1.807) is 18.2 Å². The van der Waals surface area contributed by atoms with Crippen LogP contribution in [0.2, 0.25) is 0 Å². The Labute approximate surface area is 139 Å². The summed E-state index contributed by atoms with van der Waals surface area (Å²) in [7, 11) is 0. The zero-order chi connectivity index (χ0) is 16.8. The van der Waals surface area contributed by atoms with Crippen LogP contribution in [0.15, 0.2) is 46.9 Å². The number of ether oxygens (including phenoxy) is 1. The number of nitrogens with zero attached hydrogens (tertiary/aromatic N) is 1. The molecule has 2 aromatic carbocycles. The molecule has 1 amide bonds. The van der Waals surface area contributed by atoms with Gasteiger partial charge in [-0.2, -0.15) is 0 Å². The van der Waals surface area contributed by atoms with Crippen LogP contribution in [0.3, 0.4) is 0 Å². The SMILES string of the molecule is O=Cc1cc([N+](=O)[O-])ccc1OCC(=O)Nc1cccc(Br)c1. The fourth-order valence-electron chi connectivity index (χ4n) is 1.78. The summed E-state index contributed by atoms with van der Waals surface area (Å²) in [6.07, 6.45) is 0.439. The number of aldehydes is 1. The molecule has 118 valence electrons. The molecule has 0 saturated carbocycles. The van der Waals surface area contributed by atoms with Gasteiger partial charge in [-0.3, -0.25) is 19.7 Å². The molecular weight excluding hydrogens is 368 g/mol. The molecule has 0 aliphatic carbocycles. The van der Waals surface area contributed by atoms with Crippen molar-refractivity contribution in [3.8, 4) is 5.75 Å². The Kier molecular flexibility index (Phi) is 5.42. The first kappa shape index (κ1) is 16.6. The van der Waals surface area contributed by atoms with Crippen LogP contribution in [0.5, 0.6) is 5.75 Å². The first-order valence-corrected chi connectivity index (χ1v) is 7.20. The number of nitro groups is 1. The lowest BCUT2D eigenvalue weighted by Gasteiger charge is -2.09. The maximum atomic E-state index is 11.8. The predicted octanol–water partition coefficient (Wildman–Crippen LogP) is 3.19. The molecule has 0 spiro atoms. The van der Waals surface area contributed by atoms with Crippen LogP contribution in [-0.4, -0.2) is 23.7 Å². The molecular formula is C15H11BrN2O5. The molecule has 2 rings (SSSR count). The van der Waals surface area contributed by atoms with Gasteiger partial charge >= 0.3 is 0 Å². The van der Waals surface area contributed by atoms with Crippen molar-refractivity contribution in [1.29, 1.82) is 0 Å². The number of benzene rings is 2. The molecule has 0 heterocycles. The van der Waals surface area contributed by atoms with Crippen molar-refractivity contribution < 1.29 is 19.2 Å². The quantitative estimate of drug-likeness (QED) is 0.472. The monoisotopic (exact) mass is 378 g/mol. The minimum Gasteiger partial charge on any atom is -0.483 e. The normalized spacial score (nSPS) is 9.96. The molecule has 7 nitrogen and oxygen atoms in total. The summed E-state index contributed by atoms with van der Waals surface area (Å²) in [5.41, 5.74) is 0.375. The molecule has 0 aliphatic rings. The first-order valence-electron chi connectivity index (χ1n) is 6.41. The van der Waals surface area contributed by atoms with E-state index in [1.165, 1.54) is 12.1 Å². The fourth-order valence-corrected chi connectivity index (χ4v) is 2.18. The number of hydrogen-bond acceptors (Lipinski definition) is 5. The molecule has 0 aromatic heterocycles. The maximum absolute atomic E-state index is 11.8. The van der Waals surface area contributed by atoms with E-state index in [-0.39, 0.29) is 23.6 Å². The average molecular weight is 379 g/mol. The van der Waals surface area contributed by atoms with Crippen LogP contribution in [0.1, 0.15) is 10.4 Å². The lowest BCUT2D eigenvalue weighted by atomic mass is 10.2. The van der Waals surface area contributed by atoms with Crippen LogP contribution in [0.25, 0.3) is 0 Å². The van der Waals surface area contributed by atoms with Crippen LogP contribution in [0.4, 0.5) is 11.4 Å². The Morgan fingerprint density at radius 3 is 2.74 bits per heavy atom. The van der Waals surface area contributed by atoms with E-state index in [4.69, 9.17) is 4.74 Å². The van der Waals surface area contributed by atoms with Crippen molar-refractivity contribution >= 4 is 39.5 Å². The Hall–Kier alpha value is -2.74. The lowest BCUT2D eigenvalue weighted by molar-refractivity contribution is -0.384. The molecule has 0 saturated heterocycles. The number of carbonyl (C=O) groups is 2. The van der Waals surface area contributed by atoms with Gasteiger partial charge < -0.3 is 10.1 Å². The van der Waals surface area contributed by atoms with Gasteiger partial charge in [-0.1, -0.05) is 22.0 Å². The number of nitrogens with one attached hydrogen (secondary N) is 1. The molecule has 0 fully saturated rings. The van der Waals surface area contributed by atoms with Crippen LogP contribution in [0, 0.1) is 10.1 Å². The first-order chi connectivity index (χ1) is 11.0. The van der Waals surface area contributed by atoms with Crippen LogP contribution < -0.4 is 10.1 Å². The summed E-state index contributed by atoms with van der Waals surface area (Å²) in [6.45, 7) is -0.328. The van der Waals surface area contributed by atoms with E-state index >= 15 is 0 Å². The maximum Gasteiger partial charge on any atom is 0.270 e. The molecule has 0 aliphatic heterocycles. The molecule has 0 radical (unpaired) electrons. The molecule has 8 heteroatoms. The second-order valence-electron chi connectivity index (χ2n) is 4.44. The molecule has 23 heavy (non-hydrogen) atoms. The van der Waals surface area contributed by atoms with Gasteiger partial charge in [-0.15, -0.1) is 0 Å². The van der Waals surface area contributed by atoms with Gasteiger partial charge in [0.25, 0.3) is 11.6 Å².